The predicted octanol–water partition coefficient (Wildman–Crippen LogP) is 4.94. The topological polar surface area (TPSA) is 129 Å². The lowest BCUT2D eigenvalue weighted by Gasteiger charge is -2.44. The van der Waals surface area contributed by atoms with Crippen LogP contribution in [0.3, 0.4) is 0 Å². The molecule has 14 heteroatoms. The van der Waals surface area contributed by atoms with Crippen molar-refractivity contribution in [3.8, 4) is 0 Å². The van der Waals surface area contributed by atoms with Gasteiger partial charge in [-0.15, -0.1) is 22.7 Å². The summed E-state index contributed by atoms with van der Waals surface area (Å²) in [7, 11) is 1.01. The predicted molar refractivity (Wildman–Crippen MR) is 169 cm³/mol. The van der Waals surface area contributed by atoms with Gasteiger partial charge >= 0.3 is 7.12 Å². The van der Waals surface area contributed by atoms with Gasteiger partial charge in [0.15, 0.2) is 0 Å². The second-order valence-corrected chi connectivity index (χ2v) is 13.6. The van der Waals surface area contributed by atoms with Gasteiger partial charge < -0.3 is 24.7 Å². The summed E-state index contributed by atoms with van der Waals surface area (Å²) in [5.41, 5.74) is 4.04. The van der Waals surface area contributed by atoms with Crippen LogP contribution in [0, 0.1) is 6.92 Å². The average Bonchev–Trinajstić information content (AvgIpc) is 3.73. The fourth-order valence-corrected chi connectivity index (χ4v) is 6.56. The van der Waals surface area contributed by atoms with Gasteiger partial charge in [0.05, 0.1) is 32.9 Å². The van der Waals surface area contributed by atoms with Crippen LogP contribution in [0.4, 0.5) is 5.69 Å². The Bertz CT molecular complexity index is 1560. The highest BCUT2D eigenvalue weighted by Crippen LogP contribution is 2.34. The number of nitrogens with zero attached hydrogens (tertiary/aromatic N) is 4. The van der Waals surface area contributed by atoms with Crippen LogP contribution in [0.15, 0.2) is 34.6 Å². The van der Waals surface area contributed by atoms with Crippen molar-refractivity contribution in [2.45, 2.75) is 77.7 Å². The van der Waals surface area contributed by atoms with Crippen molar-refractivity contribution < 1.29 is 23.6 Å². The Balaban J connectivity index is 0.000000351. The number of ether oxygens (including phenoxy) is 1. The quantitative estimate of drug-likeness (QED) is 0.299. The number of fused-ring (bicyclic) bond motifs is 1. The summed E-state index contributed by atoms with van der Waals surface area (Å²) in [6.07, 6.45) is 5.71. The molecule has 1 unspecified atom stereocenters. The van der Waals surface area contributed by atoms with E-state index in [0.29, 0.717) is 17.1 Å². The first-order valence-corrected chi connectivity index (χ1v) is 16.1. The Morgan fingerprint density at radius 1 is 1.07 bits per heavy atom. The number of benzene rings is 1. The van der Waals surface area contributed by atoms with E-state index in [1.165, 1.54) is 22.7 Å². The number of thiazole rings is 2. The van der Waals surface area contributed by atoms with Crippen LogP contribution >= 0.6 is 22.7 Å². The van der Waals surface area contributed by atoms with E-state index in [1.807, 2.05) is 29.9 Å². The lowest BCUT2D eigenvalue weighted by atomic mass is 9.72. The Morgan fingerprint density at radius 2 is 1.84 bits per heavy atom. The minimum atomic E-state index is -0.573. The van der Waals surface area contributed by atoms with E-state index in [1.54, 1.807) is 23.3 Å². The van der Waals surface area contributed by atoms with Gasteiger partial charge in [-0.05, 0) is 71.5 Å². The Hall–Kier alpha value is -3.17. The molecule has 2 saturated heterocycles. The third-order valence-corrected chi connectivity index (χ3v) is 8.44. The summed E-state index contributed by atoms with van der Waals surface area (Å²) in [5, 5.41) is 15.5. The van der Waals surface area contributed by atoms with E-state index in [-0.39, 0.29) is 29.2 Å². The summed E-state index contributed by atoms with van der Waals surface area (Å²) in [6.45, 7) is 10.9. The van der Waals surface area contributed by atoms with Crippen LogP contribution in [-0.2, 0) is 14.0 Å². The summed E-state index contributed by atoms with van der Waals surface area (Å²) in [4.78, 5) is 31.8. The maximum Gasteiger partial charge on any atom is 0.494 e. The van der Waals surface area contributed by atoms with Crippen LogP contribution in [0.2, 0.25) is 0 Å². The van der Waals surface area contributed by atoms with Gasteiger partial charge in [0, 0.05) is 42.4 Å². The maximum atomic E-state index is 13.0. The molecule has 11 nitrogen and oxygen atoms in total. The molecule has 4 aromatic rings. The highest BCUT2D eigenvalue weighted by molar-refractivity contribution is 7.09. The molecule has 2 N–H and O–H groups in total. The Kier molecular flexibility index (Phi) is 9.33. The summed E-state index contributed by atoms with van der Waals surface area (Å²) in [6, 6.07) is 3.91. The minimum absolute atomic E-state index is 0.102. The van der Waals surface area contributed by atoms with Gasteiger partial charge in [-0.25, -0.2) is 14.6 Å². The lowest BCUT2D eigenvalue weighted by molar-refractivity contribution is -0.0716. The molecular weight excluding hydrogens is 587 g/mol. The van der Waals surface area contributed by atoms with Gasteiger partial charge in [0.1, 0.15) is 17.6 Å². The van der Waals surface area contributed by atoms with Crippen LogP contribution in [0.1, 0.15) is 85.6 Å². The summed E-state index contributed by atoms with van der Waals surface area (Å²) < 4.78 is 20.4. The lowest BCUT2D eigenvalue weighted by Crippen LogP contribution is -2.56. The van der Waals surface area contributed by atoms with E-state index in [4.69, 9.17) is 19.1 Å². The number of hydrogen-bond acceptors (Lipinski definition) is 10. The number of aromatic nitrogens is 4. The number of carbonyl (C=O) groups excluding carboxylic acids is 2. The number of rotatable bonds is 5. The first kappa shape index (κ1) is 31.3. The van der Waals surface area contributed by atoms with E-state index >= 15 is 0 Å². The van der Waals surface area contributed by atoms with Gasteiger partial charge in [-0.2, -0.15) is 5.10 Å². The van der Waals surface area contributed by atoms with Crippen LogP contribution in [0.5, 0.6) is 0 Å². The summed E-state index contributed by atoms with van der Waals surface area (Å²) >= 11 is 2.86. The molecule has 2 aliphatic heterocycles. The molecule has 5 heterocycles. The van der Waals surface area contributed by atoms with Crippen molar-refractivity contribution in [3.05, 3.63) is 51.0 Å². The number of anilines is 1. The first-order chi connectivity index (χ1) is 20.4. The molecule has 228 valence electrons. The minimum Gasteiger partial charge on any atom is -0.402 e. The molecule has 2 fully saturated rings. The van der Waals surface area contributed by atoms with E-state index < -0.39 is 7.12 Å². The number of amides is 2. The van der Waals surface area contributed by atoms with Crippen molar-refractivity contribution >= 4 is 63.7 Å². The molecule has 0 saturated carbocycles. The average molecular weight is 625 g/mol. The van der Waals surface area contributed by atoms with Crippen molar-refractivity contribution in [1.82, 2.24) is 25.1 Å². The molecule has 0 aliphatic carbocycles. The second kappa shape index (κ2) is 12.8. The Labute approximate surface area is 259 Å². The number of carbonyl (C=O) groups is 2. The highest BCUT2D eigenvalue weighted by atomic mass is 32.1. The normalized spacial score (nSPS) is 19.4. The molecule has 0 spiro atoms. The second-order valence-electron chi connectivity index (χ2n) is 11.9. The molecule has 0 bridgehead atoms. The zero-order valence-corrected chi connectivity index (χ0v) is 26.9. The zero-order chi connectivity index (χ0) is 30.8. The van der Waals surface area contributed by atoms with Gasteiger partial charge in [0.25, 0.3) is 11.8 Å². The van der Waals surface area contributed by atoms with Crippen LogP contribution in [0.25, 0.3) is 10.9 Å². The highest BCUT2D eigenvalue weighted by Gasteiger charge is 2.44. The van der Waals surface area contributed by atoms with Crippen molar-refractivity contribution in [1.29, 1.82) is 0 Å². The maximum absolute atomic E-state index is 13.0. The monoisotopic (exact) mass is 624 g/mol. The zero-order valence-electron chi connectivity index (χ0n) is 25.3. The van der Waals surface area contributed by atoms with Gasteiger partial charge in [-0.1, -0.05) is 0 Å². The first-order valence-electron chi connectivity index (χ1n) is 14.3. The molecule has 6 rings (SSSR count). The summed E-state index contributed by atoms with van der Waals surface area (Å²) in [5.74, 6) is -0.383. The molecule has 2 aliphatic rings. The van der Waals surface area contributed by atoms with Crippen molar-refractivity contribution in [3.63, 3.8) is 0 Å². The fraction of sp³-hybridized carbons (Fsp3) is 0.483. The fourth-order valence-electron chi connectivity index (χ4n) is 5.44. The van der Waals surface area contributed by atoms with E-state index in [9.17, 15) is 9.59 Å². The molecule has 0 radical (unpaired) electrons. The van der Waals surface area contributed by atoms with Gasteiger partial charge in [-0.3, -0.25) is 9.59 Å². The van der Waals surface area contributed by atoms with Crippen LogP contribution < -0.4 is 16.1 Å². The van der Waals surface area contributed by atoms with Gasteiger partial charge in [0.2, 0.25) is 0 Å². The number of hydrogen-bond donors (Lipinski definition) is 2. The molecular formula is C29H37BN6O5S2. The molecule has 43 heavy (non-hydrogen) atoms. The molecule has 1 atom stereocenters. The van der Waals surface area contributed by atoms with Crippen molar-refractivity contribution in [2.75, 3.05) is 19.0 Å². The largest absolute Gasteiger partial charge is 0.494 e. The number of nitrogens with one attached hydrogen (secondary N) is 2. The number of aryl methyl sites for hydroxylation is 1. The standard InChI is InChI=1S/C24H31BN4O4S.C5H6N2OS/c1-15-26-20(13-34-15)22(30)27-18-10-16(25-32-23(2,3)14-24(4,5)33-25)11-19-17(18)12-29(28-19)21-8-6-7-9-31-21;1-6-5(8)4-2-9-3-7-4/h10-13,21H,6-9,14H2,1-5H3,(H,27,30);2-3H,1H3,(H,6,8). The SMILES string of the molecule is CNC(=O)c1cscn1.Cc1nc(C(=O)Nc2cc(B3OC(C)(C)CC(C)(C)O3)cc3nn(C4CCCCO4)cc23)cs1. The molecule has 1 aromatic carbocycles. The molecule has 3 aromatic heterocycles. The third kappa shape index (κ3) is 7.68. The Morgan fingerprint density at radius 3 is 2.44 bits per heavy atom. The van der Waals surface area contributed by atoms with E-state index in [0.717, 1.165) is 53.7 Å². The van der Waals surface area contributed by atoms with Crippen LogP contribution in [-0.4, -0.2) is 63.5 Å². The van der Waals surface area contributed by atoms with E-state index in [2.05, 4.69) is 48.3 Å². The van der Waals surface area contributed by atoms with Crippen molar-refractivity contribution in [2.24, 2.45) is 0 Å². The smallest absolute Gasteiger partial charge is 0.402 e. The third-order valence-electron chi connectivity index (χ3n) is 7.08. The molecule has 2 amide bonds.